The van der Waals surface area contributed by atoms with Gasteiger partial charge in [-0.3, -0.25) is 0 Å². The van der Waals surface area contributed by atoms with E-state index in [9.17, 15) is 4.39 Å². The van der Waals surface area contributed by atoms with E-state index in [0.29, 0.717) is 17.1 Å². The van der Waals surface area contributed by atoms with Crippen molar-refractivity contribution in [3.8, 4) is 0 Å². The third-order valence-electron chi connectivity index (χ3n) is 3.52. The van der Waals surface area contributed by atoms with Gasteiger partial charge in [-0.05, 0) is 31.4 Å². The van der Waals surface area contributed by atoms with Crippen molar-refractivity contribution in [1.29, 1.82) is 0 Å². The fraction of sp³-hybridized carbons (Fsp3) is 0.500. The van der Waals surface area contributed by atoms with Crippen LogP contribution >= 0.6 is 11.6 Å². The smallest absolute Gasteiger partial charge is 0.128 e. The maximum atomic E-state index is 13.8. The maximum Gasteiger partial charge on any atom is 0.128 e. The van der Waals surface area contributed by atoms with Crippen molar-refractivity contribution in [3.05, 3.63) is 34.1 Å². The largest absolute Gasteiger partial charge is 0.330 e. The molecule has 1 nitrogen and oxygen atoms in total. The second-order valence-electron chi connectivity index (χ2n) is 4.39. The summed E-state index contributed by atoms with van der Waals surface area (Å²) < 4.78 is 13.8. The van der Waals surface area contributed by atoms with Crippen LogP contribution in [0.3, 0.4) is 0 Å². The molecule has 1 aliphatic rings. The van der Waals surface area contributed by atoms with E-state index in [1.54, 1.807) is 6.07 Å². The highest BCUT2D eigenvalue weighted by atomic mass is 35.5. The van der Waals surface area contributed by atoms with Crippen LogP contribution in [0.5, 0.6) is 0 Å². The third-order valence-corrected chi connectivity index (χ3v) is 4.00. The molecule has 1 fully saturated rings. The monoisotopic (exact) mass is 227 g/mol. The quantitative estimate of drug-likeness (QED) is 0.825. The Hall–Kier alpha value is -0.600. The number of rotatable bonds is 2. The van der Waals surface area contributed by atoms with E-state index in [2.05, 4.69) is 0 Å². The Balaban J connectivity index is 2.55. The topological polar surface area (TPSA) is 26.0 Å². The van der Waals surface area contributed by atoms with Gasteiger partial charge in [0.2, 0.25) is 0 Å². The predicted molar refractivity (Wildman–Crippen MR) is 60.7 cm³/mol. The van der Waals surface area contributed by atoms with Gasteiger partial charge in [0.1, 0.15) is 5.82 Å². The molecule has 15 heavy (non-hydrogen) atoms. The van der Waals surface area contributed by atoms with Crippen molar-refractivity contribution in [2.24, 2.45) is 5.73 Å². The van der Waals surface area contributed by atoms with E-state index in [1.807, 2.05) is 6.92 Å². The van der Waals surface area contributed by atoms with Crippen molar-refractivity contribution >= 4 is 11.6 Å². The number of benzene rings is 1. The minimum Gasteiger partial charge on any atom is -0.330 e. The Kier molecular flexibility index (Phi) is 2.73. The molecule has 2 rings (SSSR count). The Morgan fingerprint density at radius 1 is 1.47 bits per heavy atom. The van der Waals surface area contributed by atoms with Crippen LogP contribution in [0.2, 0.25) is 5.02 Å². The lowest BCUT2D eigenvalue weighted by Gasteiger charge is -2.42. The Labute approximate surface area is 94.4 Å². The number of nitrogens with two attached hydrogens (primary N) is 1. The first-order valence-corrected chi connectivity index (χ1v) is 5.64. The van der Waals surface area contributed by atoms with E-state index >= 15 is 0 Å². The molecule has 0 atom stereocenters. The molecule has 82 valence electrons. The standard InChI is InChI=1S/C12H15ClFN/c1-8-3-4-9(14)10(11(8)13)12(7-15)5-2-6-12/h3-4H,2,5-7,15H2,1H3. The van der Waals surface area contributed by atoms with Crippen LogP contribution in [-0.2, 0) is 5.41 Å². The van der Waals surface area contributed by atoms with E-state index in [-0.39, 0.29) is 11.2 Å². The van der Waals surface area contributed by atoms with Crippen molar-refractivity contribution in [3.63, 3.8) is 0 Å². The molecule has 1 aliphatic carbocycles. The molecule has 1 aromatic rings. The molecule has 2 N–H and O–H groups in total. The number of hydrogen-bond acceptors (Lipinski definition) is 1. The van der Waals surface area contributed by atoms with Crippen LogP contribution in [0.4, 0.5) is 4.39 Å². The molecule has 0 bridgehead atoms. The molecule has 1 saturated carbocycles. The van der Waals surface area contributed by atoms with Crippen LogP contribution in [0.15, 0.2) is 12.1 Å². The van der Waals surface area contributed by atoms with Crippen molar-refractivity contribution < 1.29 is 4.39 Å². The lowest BCUT2D eigenvalue weighted by atomic mass is 9.64. The second kappa shape index (κ2) is 3.76. The average molecular weight is 228 g/mol. The maximum absolute atomic E-state index is 13.8. The molecule has 1 aromatic carbocycles. The van der Waals surface area contributed by atoms with Gasteiger partial charge in [0.15, 0.2) is 0 Å². The Morgan fingerprint density at radius 2 is 2.13 bits per heavy atom. The summed E-state index contributed by atoms with van der Waals surface area (Å²) in [5.74, 6) is -0.212. The summed E-state index contributed by atoms with van der Waals surface area (Å²) in [7, 11) is 0. The second-order valence-corrected chi connectivity index (χ2v) is 4.77. The van der Waals surface area contributed by atoms with Gasteiger partial charge >= 0.3 is 0 Å². The summed E-state index contributed by atoms with van der Waals surface area (Å²) in [5, 5.41) is 0.556. The van der Waals surface area contributed by atoms with Gasteiger partial charge in [-0.1, -0.05) is 24.1 Å². The highest BCUT2D eigenvalue weighted by Crippen LogP contribution is 2.47. The fourth-order valence-corrected chi connectivity index (χ4v) is 2.66. The SMILES string of the molecule is Cc1ccc(F)c(C2(CN)CCC2)c1Cl. The lowest BCUT2D eigenvalue weighted by molar-refractivity contribution is 0.245. The zero-order chi connectivity index (χ0) is 11.1. The van der Waals surface area contributed by atoms with Crippen molar-refractivity contribution in [2.75, 3.05) is 6.54 Å². The van der Waals surface area contributed by atoms with Gasteiger partial charge in [0, 0.05) is 17.5 Å². The van der Waals surface area contributed by atoms with Gasteiger partial charge < -0.3 is 5.73 Å². The molecule has 0 spiro atoms. The van der Waals surface area contributed by atoms with Crippen LogP contribution in [0.1, 0.15) is 30.4 Å². The van der Waals surface area contributed by atoms with E-state index in [1.165, 1.54) is 6.07 Å². The van der Waals surface area contributed by atoms with E-state index in [0.717, 1.165) is 24.8 Å². The molecule has 3 heteroatoms. The summed E-state index contributed by atoms with van der Waals surface area (Å²) in [6, 6.07) is 3.20. The van der Waals surface area contributed by atoms with Gasteiger partial charge in [0.25, 0.3) is 0 Å². The van der Waals surface area contributed by atoms with Crippen molar-refractivity contribution in [2.45, 2.75) is 31.6 Å². The highest BCUT2D eigenvalue weighted by Gasteiger charge is 2.41. The van der Waals surface area contributed by atoms with Crippen LogP contribution in [-0.4, -0.2) is 6.54 Å². The van der Waals surface area contributed by atoms with E-state index < -0.39 is 0 Å². The molecule has 0 unspecified atom stereocenters. The predicted octanol–water partition coefficient (Wildman–Crippen LogP) is 3.17. The van der Waals surface area contributed by atoms with Gasteiger partial charge in [-0.15, -0.1) is 0 Å². The van der Waals surface area contributed by atoms with Gasteiger partial charge in [0.05, 0.1) is 5.02 Å². The van der Waals surface area contributed by atoms with Gasteiger partial charge in [-0.25, -0.2) is 4.39 Å². The molecule has 0 radical (unpaired) electrons. The summed E-state index contributed by atoms with van der Waals surface area (Å²) >= 11 is 6.18. The van der Waals surface area contributed by atoms with Crippen molar-refractivity contribution in [1.82, 2.24) is 0 Å². The summed E-state index contributed by atoms with van der Waals surface area (Å²) in [4.78, 5) is 0. The first-order valence-electron chi connectivity index (χ1n) is 5.26. The summed E-state index contributed by atoms with van der Waals surface area (Å²) in [6.07, 6.45) is 3.01. The highest BCUT2D eigenvalue weighted by molar-refractivity contribution is 6.32. The van der Waals surface area contributed by atoms with Gasteiger partial charge in [-0.2, -0.15) is 0 Å². The zero-order valence-electron chi connectivity index (χ0n) is 8.82. The minimum atomic E-state index is -0.212. The number of aryl methyl sites for hydroxylation is 1. The average Bonchev–Trinajstić information content (AvgIpc) is 2.16. The Morgan fingerprint density at radius 3 is 2.60 bits per heavy atom. The van der Waals surface area contributed by atoms with Crippen LogP contribution in [0, 0.1) is 12.7 Å². The van der Waals surface area contributed by atoms with E-state index in [4.69, 9.17) is 17.3 Å². The molecule has 0 aromatic heterocycles. The minimum absolute atomic E-state index is 0.201. The first kappa shape index (κ1) is 10.9. The molecule has 0 heterocycles. The first-order chi connectivity index (χ1) is 7.10. The zero-order valence-corrected chi connectivity index (χ0v) is 9.57. The fourth-order valence-electron chi connectivity index (χ4n) is 2.30. The normalized spacial score (nSPS) is 18.7. The Bertz CT molecular complexity index is 380. The molecule has 0 amide bonds. The number of hydrogen-bond donors (Lipinski definition) is 1. The number of halogens is 2. The third kappa shape index (κ3) is 1.56. The summed E-state index contributed by atoms with van der Waals surface area (Å²) in [5.41, 5.74) is 7.12. The van der Waals surface area contributed by atoms with Crippen LogP contribution < -0.4 is 5.73 Å². The van der Waals surface area contributed by atoms with Crippen LogP contribution in [0.25, 0.3) is 0 Å². The summed E-state index contributed by atoms with van der Waals surface area (Å²) in [6.45, 7) is 2.38. The molecular weight excluding hydrogens is 213 g/mol. The molecular formula is C12H15ClFN. The lowest BCUT2D eigenvalue weighted by Crippen LogP contribution is -2.42. The molecule has 0 saturated heterocycles. The molecule has 0 aliphatic heterocycles.